The van der Waals surface area contributed by atoms with Gasteiger partial charge in [0.15, 0.2) is 0 Å². The summed E-state index contributed by atoms with van der Waals surface area (Å²) < 4.78 is 19.3. The molecular weight excluding hydrogens is 377 g/mol. The molecule has 5 nitrogen and oxygen atoms in total. The lowest BCUT2D eigenvalue weighted by Crippen LogP contribution is -2.10. The lowest BCUT2D eigenvalue weighted by molar-refractivity contribution is 0.102. The van der Waals surface area contributed by atoms with Gasteiger partial charge >= 0.3 is 6.01 Å². The summed E-state index contributed by atoms with van der Waals surface area (Å²) in [5, 5.41) is 11.5. The Hall–Kier alpha value is -2.77. The van der Waals surface area contributed by atoms with Crippen molar-refractivity contribution in [3.63, 3.8) is 0 Å². The average Bonchev–Trinajstić information content (AvgIpc) is 3.22. The highest BCUT2D eigenvalue weighted by Crippen LogP contribution is 2.35. The highest BCUT2D eigenvalue weighted by Gasteiger charge is 2.19. The summed E-state index contributed by atoms with van der Waals surface area (Å²) in [5.41, 5.74) is 0.820. The number of thiophene rings is 1. The van der Waals surface area contributed by atoms with Gasteiger partial charge in [0.05, 0.1) is 11.4 Å². The van der Waals surface area contributed by atoms with E-state index in [1.54, 1.807) is 12.1 Å². The Morgan fingerprint density at radius 2 is 1.92 bits per heavy atom. The second-order valence-electron chi connectivity index (χ2n) is 5.50. The molecule has 0 radical (unpaired) electrons. The molecule has 0 spiro atoms. The van der Waals surface area contributed by atoms with E-state index in [1.807, 2.05) is 24.3 Å². The molecule has 2 aromatic carbocycles. The molecule has 0 aliphatic heterocycles. The normalized spacial score (nSPS) is 11.0. The molecule has 0 atom stereocenters. The lowest BCUT2D eigenvalue weighted by Gasteiger charge is -1.98. The van der Waals surface area contributed by atoms with Crippen LogP contribution in [-0.4, -0.2) is 16.1 Å². The number of aromatic nitrogens is 2. The van der Waals surface area contributed by atoms with Crippen LogP contribution in [0.25, 0.3) is 10.1 Å². The van der Waals surface area contributed by atoms with Gasteiger partial charge in [0.2, 0.25) is 5.89 Å². The summed E-state index contributed by atoms with van der Waals surface area (Å²) in [6.07, 6.45) is 0.340. The number of carbonyl (C=O) groups is 1. The molecule has 130 valence electrons. The van der Waals surface area contributed by atoms with Crippen LogP contribution < -0.4 is 5.32 Å². The van der Waals surface area contributed by atoms with Crippen LogP contribution in [0, 0.1) is 5.82 Å². The molecule has 4 rings (SSSR count). The van der Waals surface area contributed by atoms with E-state index in [0.29, 0.717) is 22.2 Å². The van der Waals surface area contributed by atoms with Gasteiger partial charge in [0.1, 0.15) is 10.7 Å². The molecule has 4 aromatic rings. The Morgan fingerprint density at radius 3 is 2.69 bits per heavy atom. The molecular formula is C18H11ClFN3O2S. The van der Waals surface area contributed by atoms with Crippen LogP contribution in [0.3, 0.4) is 0 Å². The largest absolute Gasteiger partial charge is 0.407 e. The van der Waals surface area contributed by atoms with Crippen molar-refractivity contribution in [2.75, 3.05) is 5.32 Å². The monoisotopic (exact) mass is 387 g/mol. The summed E-state index contributed by atoms with van der Waals surface area (Å²) in [4.78, 5) is 12.8. The minimum absolute atomic E-state index is 0.0133. The quantitative estimate of drug-likeness (QED) is 0.539. The van der Waals surface area contributed by atoms with Crippen LogP contribution >= 0.6 is 22.9 Å². The molecule has 0 aliphatic rings. The smallest absolute Gasteiger partial charge is 0.322 e. The van der Waals surface area contributed by atoms with Gasteiger partial charge in [-0.25, -0.2) is 4.39 Å². The van der Waals surface area contributed by atoms with Gasteiger partial charge in [-0.3, -0.25) is 10.1 Å². The highest BCUT2D eigenvalue weighted by molar-refractivity contribution is 7.21. The number of carbonyl (C=O) groups excluding carboxylic acids is 1. The van der Waals surface area contributed by atoms with Gasteiger partial charge in [0.25, 0.3) is 5.91 Å². The molecule has 0 unspecified atom stereocenters. The van der Waals surface area contributed by atoms with Crippen LogP contribution in [-0.2, 0) is 6.42 Å². The minimum atomic E-state index is -0.409. The van der Waals surface area contributed by atoms with Crippen LogP contribution in [0.1, 0.15) is 21.1 Å². The van der Waals surface area contributed by atoms with Gasteiger partial charge in [-0.05, 0) is 23.8 Å². The zero-order chi connectivity index (χ0) is 18.1. The van der Waals surface area contributed by atoms with Gasteiger partial charge in [0, 0.05) is 10.1 Å². The fourth-order valence-electron chi connectivity index (χ4n) is 2.47. The first-order chi connectivity index (χ1) is 12.6. The Bertz CT molecular complexity index is 1090. The Balaban J connectivity index is 1.50. The average molecular weight is 388 g/mol. The van der Waals surface area contributed by atoms with E-state index in [9.17, 15) is 9.18 Å². The lowest BCUT2D eigenvalue weighted by atomic mass is 10.1. The summed E-state index contributed by atoms with van der Waals surface area (Å²) in [6, 6.07) is 13.5. The maximum atomic E-state index is 12.9. The first kappa shape index (κ1) is 16.7. The van der Waals surface area contributed by atoms with Gasteiger partial charge in [-0.1, -0.05) is 47.0 Å². The van der Waals surface area contributed by atoms with E-state index >= 15 is 0 Å². The minimum Gasteiger partial charge on any atom is -0.407 e. The standard InChI is InChI=1S/C18H11ClFN3O2S/c19-15-12-3-1-2-4-13(12)26-16(15)17(24)21-18-23-22-14(25-18)9-10-5-7-11(20)8-6-10/h1-8H,9H2,(H,21,23,24). The van der Waals surface area contributed by atoms with Crippen molar-refractivity contribution in [1.29, 1.82) is 0 Å². The van der Waals surface area contributed by atoms with E-state index in [4.69, 9.17) is 16.0 Å². The third kappa shape index (κ3) is 3.31. The Morgan fingerprint density at radius 1 is 1.15 bits per heavy atom. The summed E-state index contributed by atoms with van der Waals surface area (Å²) >= 11 is 7.59. The van der Waals surface area contributed by atoms with Crippen LogP contribution in [0.5, 0.6) is 0 Å². The third-order valence-corrected chi connectivity index (χ3v) is 5.37. The van der Waals surface area contributed by atoms with Crippen molar-refractivity contribution in [3.05, 3.63) is 75.7 Å². The molecule has 0 saturated heterocycles. The van der Waals surface area contributed by atoms with Gasteiger partial charge in [-0.2, -0.15) is 0 Å². The summed E-state index contributed by atoms with van der Waals surface area (Å²) in [6.45, 7) is 0. The van der Waals surface area contributed by atoms with Crippen molar-refractivity contribution in [1.82, 2.24) is 10.2 Å². The second kappa shape index (κ2) is 6.86. The number of anilines is 1. The number of rotatable bonds is 4. The molecule has 26 heavy (non-hydrogen) atoms. The number of fused-ring (bicyclic) bond motifs is 1. The van der Waals surface area contributed by atoms with E-state index < -0.39 is 5.91 Å². The number of hydrogen-bond donors (Lipinski definition) is 1. The highest BCUT2D eigenvalue weighted by atomic mass is 35.5. The Kier molecular flexibility index (Phi) is 4.40. The maximum Gasteiger partial charge on any atom is 0.322 e. The Labute approximate surface area is 156 Å². The predicted molar refractivity (Wildman–Crippen MR) is 98.3 cm³/mol. The molecule has 2 heterocycles. The molecule has 0 bridgehead atoms. The van der Waals surface area contributed by atoms with Crippen molar-refractivity contribution < 1.29 is 13.6 Å². The maximum absolute atomic E-state index is 12.9. The zero-order valence-corrected chi connectivity index (χ0v) is 14.8. The number of nitrogens with one attached hydrogen (secondary N) is 1. The van der Waals surface area contributed by atoms with Crippen molar-refractivity contribution >= 4 is 44.9 Å². The van der Waals surface area contributed by atoms with Crippen molar-refractivity contribution in [2.45, 2.75) is 6.42 Å². The first-order valence-electron chi connectivity index (χ1n) is 7.65. The molecule has 1 amide bonds. The number of benzene rings is 2. The van der Waals surface area contributed by atoms with E-state index in [2.05, 4.69) is 15.5 Å². The summed E-state index contributed by atoms with van der Waals surface area (Å²) in [7, 11) is 0. The van der Waals surface area contributed by atoms with Crippen LogP contribution in [0.15, 0.2) is 52.9 Å². The molecule has 8 heteroatoms. The van der Waals surface area contributed by atoms with E-state index in [-0.39, 0.29) is 11.8 Å². The molecule has 1 N–H and O–H groups in total. The van der Waals surface area contributed by atoms with Crippen LogP contribution in [0.4, 0.5) is 10.4 Å². The fourth-order valence-corrected chi connectivity index (χ4v) is 3.88. The topological polar surface area (TPSA) is 68.0 Å². The number of amides is 1. The van der Waals surface area contributed by atoms with E-state index in [1.165, 1.54) is 23.5 Å². The number of halogens is 2. The second-order valence-corrected chi connectivity index (χ2v) is 6.93. The molecule has 0 aliphatic carbocycles. The van der Waals surface area contributed by atoms with Gasteiger partial charge < -0.3 is 4.42 Å². The van der Waals surface area contributed by atoms with E-state index in [0.717, 1.165) is 15.6 Å². The van der Waals surface area contributed by atoms with Crippen molar-refractivity contribution in [2.24, 2.45) is 0 Å². The number of nitrogens with zero attached hydrogens (tertiary/aromatic N) is 2. The fraction of sp³-hybridized carbons (Fsp3) is 0.0556. The summed E-state index contributed by atoms with van der Waals surface area (Å²) in [5.74, 6) is -0.407. The SMILES string of the molecule is O=C(Nc1nnc(Cc2ccc(F)cc2)o1)c1sc2ccccc2c1Cl. The molecule has 0 saturated carbocycles. The number of hydrogen-bond acceptors (Lipinski definition) is 5. The van der Waals surface area contributed by atoms with Gasteiger partial charge in [-0.15, -0.1) is 16.4 Å². The molecule has 0 fully saturated rings. The first-order valence-corrected chi connectivity index (χ1v) is 8.85. The molecule has 2 aromatic heterocycles. The van der Waals surface area contributed by atoms with Crippen LogP contribution in [0.2, 0.25) is 5.02 Å². The third-order valence-electron chi connectivity index (χ3n) is 3.70. The predicted octanol–water partition coefficient (Wildman–Crippen LogP) is 4.92. The zero-order valence-electron chi connectivity index (χ0n) is 13.2. The van der Waals surface area contributed by atoms with Crippen molar-refractivity contribution in [3.8, 4) is 0 Å².